The van der Waals surface area contributed by atoms with Crippen LogP contribution in [0.5, 0.6) is 0 Å². The molecule has 0 spiro atoms. The highest BCUT2D eigenvalue weighted by Gasteiger charge is 2.39. The Morgan fingerprint density at radius 1 is 1.15 bits per heavy atom. The van der Waals surface area contributed by atoms with Crippen LogP contribution >= 0.6 is 0 Å². The van der Waals surface area contributed by atoms with E-state index in [0.717, 1.165) is 0 Å². The van der Waals surface area contributed by atoms with Crippen LogP contribution in [-0.2, 0) is 0 Å². The van der Waals surface area contributed by atoms with Crippen LogP contribution in [0.25, 0.3) is 0 Å². The minimum Gasteiger partial charge on any atom is -0.372 e. The number of rotatable bonds is 3. The van der Waals surface area contributed by atoms with Gasteiger partial charge in [0, 0.05) is 0 Å². The normalized spacial score (nSPS) is 21.5. The molecule has 1 rings (SSSR count). The summed E-state index contributed by atoms with van der Waals surface area (Å²) in [5, 5.41) is 1.78. The van der Waals surface area contributed by atoms with Crippen molar-refractivity contribution < 1.29 is 0 Å². The zero-order chi connectivity index (χ0) is 10.1. The minimum absolute atomic E-state index is 0.696. The summed E-state index contributed by atoms with van der Waals surface area (Å²) in [7, 11) is -1.21. The minimum atomic E-state index is -1.21. The van der Waals surface area contributed by atoms with Gasteiger partial charge in [0.15, 0.2) is 0 Å². The van der Waals surface area contributed by atoms with Crippen LogP contribution in [0.1, 0.15) is 33.6 Å². The second-order valence-corrected chi connectivity index (χ2v) is 8.58. The van der Waals surface area contributed by atoms with Gasteiger partial charge in [-0.2, -0.15) is 0 Å². The van der Waals surface area contributed by atoms with Crippen molar-refractivity contribution in [2.45, 2.75) is 53.0 Å². The predicted molar refractivity (Wildman–Crippen MR) is 64.5 cm³/mol. The van der Waals surface area contributed by atoms with Crippen LogP contribution in [0.2, 0.25) is 19.4 Å². The third-order valence-corrected chi connectivity index (χ3v) is 6.49. The Morgan fingerprint density at radius 2 is 1.77 bits per heavy atom. The Labute approximate surface area is 84.2 Å². The molecule has 3 heteroatoms. The van der Waals surface area contributed by atoms with Gasteiger partial charge in [0.05, 0.1) is 0 Å². The molecule has 1 nitrogen and oxygen atoms in total. The van der Waals surface area contributed by atoms with Crippen molar-refractivity contribution in [2.24, 2.45) is 0 Å². The van der Waals surface area contributed by atoms with Crippen LogP contribution in [0, 0.1) is 0 Å². The summed E-state index contributed by atoms with van der Waals surface area (Å²) in [5.41, 5.74) is 1.72. The molecule has 13 heavy (non-hydrogen) atoms. The molecule has 0 saturated heterocycles. The Morgan fingerprint density at radius 3 is 2.15 bits per heavy atom. The molecular weight excluding hydrogens is 173 g/mol. The largest absolute Gasteiger partial charge is 0.372 e. The number of nitrogens with one attached hydrogen (secondary N) is 1. The highest BCUT2D eigenvalue weighted by Crippen LogP contribution is 2.30. The fourth-order valence-electron chi connectivity index (χ4n) is 2.70. The van der Waals surface area contributed by atoms with Crippen molar-refractivity contribution in [3.05, 3.63) is 10.7 Å². The van der Waals surface area contributed by atoms with Crippen LogP contribution in [0.4, 0.5) is 0 Å². The first-order valence-corrected chi connectivity index (χ1v) is 8.56. The summed E-state index contributed by atoms with van der Waals surface area (Å²) in [5.74, 6) is 0. The van der Waals surface area contributed by atoms with Crippen molar-refractivity contribution >= 4 is 15.1 Å². The molecule has 0 aromatic rings. The highest BCUT2D eigenvalue weighted by molar-refractivity contribution is 6.96. The zero-order valence-electron chi connectivity index (χ0n) is 9.70. The Hall–Kier alpha value is -0.0182. The molecule has 1 N–H and O–H groups in total. The molecule has 0 saturated carbocycles. The Bertz CT molecular complexity index is 223. The first-order valence-electron chi connectivity index (χ1n) is 5.56. The van der Waals surface area contributed by atoms with E-state index in [-0.39, 0.29) is 0 Å². The summed E-state index contributed by atoms with van der Waals surface area (Å²) < 4.78 is 0. The SMILES string of the molecule is CCB1N[Si](C)(C)C(CC)=C1CC. The summed E-state index contributed by atoms with van der Waals surface area (Å²) in [6.07, 6.45) is 3.75. The maximum atomic E-state index is 3.85. The van der Waals surface area contributed by atoms with Crippen LogP contribution < -0.4 is 4.89 Å². The average molecular weight is 195 g/mol. The second kappa shape index (κ2) is 4.01. The lowest BCUT2D eigenvalue weighted by atomic mass is 9.53. The molecule has 0 atom stereocenters. The monoisotopic (exact) mass is 195 g/mol. The van der Waals surface area contributed by atoms with E-state index in [1.165, 1.54) is 19.2 Å². The van der Waals surface area contributed by atoms with Gasteiger partial charge in [-0.15, -0.1) is 0 Å². The van der Waals surface area contributed by atoms with Crippen LogP contribution in [0.3, 0.4) is 0 Å². The number of hydrogen-bond acceptors (Lipinski definition) is 1. The Kier molecular flexibility index (Phi) is 3.41. The van der Waals surface area contributed by atoms with E-state index in [4.69, 9.17) is 0 Å². The van der Waals surface area contributed by atoms with E-state index >= 15 is 0 Å². The molecule has 0 radical (unpaired) electrons. The van der Waals surface area contributed by atoms with Crippen molar-refractivity contribution in [2.75, 3.05) is 0 Å². The van der Waals surface area contributed by atoms with Gasteiger partial charge in [-0.3, -0.25) is 0 Å². The molecule has 0 bridgehead atoms. The number of allylic oxidation sites excluding steroid dienone is 2. The van der Waals surface area contributed by atoms with Crippen molar-refractivity contribution in [1.29, 1.82) is 0 Å². The van der Waals surface area contributed by atoms with E-state index in [1.54, 1.807) is 10.7 Å². The highest BCUT2D eigenvalue weighted by atomic mass is 28.3. The van der Waals surface area contributed by atoms with E-state index in [0.29, 0.717) is 6.85 Å². The Balaban J connectivity index is 2.99. The molecule has 0 amide bonds. The van der Waals surface area contributed by atoms with Gasteiger partial charge in [0.1, 0.15) is 8.24 Å². The molecule has 74 valence electrons. The van der Waals surface area contributed by atoms with E-state index in [9.17, 15) is 0 Å². The maximum Gasteiger partial charge on any atom is 0.243 e. The fourth-order valence-corrected chi connectivity index (χ4v) is 6.16. The van der Waals surface area contributed by atoms with Crippen molar-refractivity contribution in [3.63, 3.8) is 0 Å². The second-order valence-electron chi connectivity index (χ2n) is 4.44. The standard InChI is InChI=1S/C10H22BNSi/c1-6-9-10(7-2)13(4,5)12-11(9)8-3/h12H,6-8H2,1-5H3. The molecule has 0 fully saturated rings. The number of hydrogen-bond donors (Lipinski definition) is 1. The van der Waals surface area contributed by atoms with Gasteiger partial charge >= 0.3 is 0 Å². The smallest absolute Gasteiger partial charge is 0.243 e. The summed E-state index contributed by atoms with van der Waals surface area (Å²) in [4.78, 5) is 3.85. The molecule has 1 heterocycles. The lowest BCUT2D eigenvalue weighted by Crippen LogP contribution is -2.47. The molecular formula is C10H22BNSi. The molecule has 1 aliphatic rings. The van der Waals surface area contributed by atoms with E-state index < -0.39 is 8.24 Å². The van der Waals surface area contributed by atoms with Gasteiger partial charge in [-0.05, 0) is 12.8 Å². The van der Waals surface area contributed by atoms with E-state index in [1.807, 2.05) is 0 Å². The molecule has 0 aromatic heterocycles. The first kappa shape index (κ1) is 11.1. The summed E-state index contributed by atoms with van der Waals surface area (Å²) >= 11 is 0. The third-order valence-electron chi connectivity index (χ3n) is 3.24. The maximum absolute atomic E-state index is 3.85. The van der Waals surface area contributed by atoms with Crippen molar-refractivity contribution in [3.8, 4) is 0 Å². The van der Waals surface area contributed by atoms with Gasteiger partial charge in [-0.1, -0.05) is 50.9 Å². The third kappa shape index (κ3) is 1.91. The van der Waals surface area contributed by atoms with Crippen molar-refractivity contribution in [1.82, 2.24) is 4.89 Å². The molecule has 1 aliphatic heterocycles. The van der Waals surface area contributed by atoms with Crippen LogP contribution in [0.15, 0.2) is 10.7 Å². The summed E-state index contributed by atoms with van der Waals surface area (Å²) in [6, 6.07) is 0. The fraction of sp³-hybridized carbons (Fsp3) is 0.800. The molecule has 0 aliphatic carbocycles. The first-order chi connectivity index (χ1) is 6.06. The quantitative estimate of drug-likeness (QED) is 0.682. The average Bonchev–Trinajstić information content (AvgIpc) is 2.35. The lowest BCUT2D eigenvalue weighted by Gasteiger charge is -2.21. The van der Waals surface area contributed by atoms with Gasteiger partial charge < -0.3 is 4.89 Å². The topological polar surface area (TPSA) is 12.0 Å². The predicted octanol–water partition coefficient (Wildman–Crippen LogP) is 3.00. The summed E-state index contributed by atoms with van der Waals surface area (Å²) in [6.45, 7) is 12.5. The molecule has 0 aromatic carbocycles. The zero-order valence-corrected chi connectivity index (χ0v) is 10.7. The molecule has 0 unspecified atom stereocenters. The van der Waals surface area contributed by atoms with E-state index in [2.05, 4.69) is 38.8 Å². The van der Waals surface area contributed by atoms with Gasteiger partial charge in [0.2, 0.25) is 6.85 Å². The van der Waals surface area contributed by atoms with Gasteiger partial charge in [-0.25, -0.2) is 0 Å². The van der Waals surface area contributed by atoms with Gasteiger partial charge in [0.25, 0.3) is 0 Å². The lowest BCUT2D eigenvalue weighted by molar-refractivity contribution is 1.09. The van der Waals surface area contributed by atoms with Crippen LogP contribution in [-0.4, -0.2) is 15.1 Å².